The van der Waals surface area contributed by atoms with Crippen LogP contribution in [0.15, 0.2) is 34.7 Å². The molecule has 3 N–H and O–H groups in total. The van der Waals surface area contributed by atoms with E-state index in [1.807, 2.05) is 30.3 Å². The van der Waals surface area contributed by atoms with E-state index in [1.165, 1.54) is 6.92 Å². The minimum atomic E-state index is -1.00. The number of para-hydroxylation sites is 1. The average molecular weight is 344 g/mol. The average Bonchev–Trinajstić information content (AvgIpc) is 3.20. The van der Waals surface area contributed by atoms with Crippen LogP contribution in [0.25, 0.3) is 11.0 Å². The van der Waals surface area contributed by atoms with E-state index >= 15 is 0 Å². The van der Waals surface area contributed by atoms with Crippen LogP contribution in [0.1, 0.15) is 38.4 Å². The van der Waals surface area contributed by atoms with E-state index in [2.05, 4.69) is 10.6 Å². The Labute approximate surface area is 146 Å². The Morgan fingerprint density at radius 1 is 1.32 bits per heavy atom. The van der Waals surface area contributed by atoms with E-state index < -0.39 is 6.10 Å². The molecule has 2 amide bonds. The Balaban J connectivity index is 1.39. The molecule has 6 heteroatoms. The zero-order chi connectivity index (χ0) is 17.9. The Bertz CT molecular complexity index is 729. The van der Waals surface area contributed by atoms with Gasteiger partial charge in [0.2, 0.25) is 11.8 Å². The van der Waals surface area contributed by atoms with Crippen molar-refractivity contribution in [3.63, 3.8) is 0 Å². The Kier molecular flexibility index (Phi) is 5.08. The van der Waals surface area contributed by atoms with Crippen LogP contribution in [0.5, 0.6) is 0 Å². The molecule has 1 aromatic carbocycles. The van der Waals surface area contributed by atoms with Crippen molar-refractivity contribution in [1.29, 1.82) is 0 Å². The second kappa shape index (κ2) is 7.27. The summed E-state index contributed by atoms with van der Waals surface area (Å²) in [5.74, 6) is 0.422. The van der Waals surface area contributed by atoms with Gasteiger partial charge < -0.3 is 20.2 Å². The van der Waals surface area contributed by atoms with Crippen molar-refractivity contribution in [3.8, 4) is 0 Å². The Morgan fingerprint density at radius 3 is 2.76 bits per heavy atom. The van der Waals surface area contributed by atoms with Crippen molar-refractivity contribution >= 4 is 22.8 Å². The van der Waals surface area contributed by atoms with Gasteiger partial charge in [0.05, 0.1) is 0 Å². The first-order chi connectivity index (χ1) is 12.0. The monoisotopic (exact) mass is 344 g/mol. The number of hydrogen-bond acceptors (Lipinski definition) is 4. The largest absolute Gasteiger partial charge is 0.461 e. The predicted molar refractivity (Wildman–Crippen MR) is 94.0 cm³/mol. The summed E-state index contributed by atoms with van der Waals surface area (Å²) < 4.78 is 5.70. The van der Waals surface area contributed by atoms with Gasteiger partial charge in [0.15, 0.2) is 0 Å². The lowest BCUT2D eigenvalue weighted by molar-refractivity contribution is -0.129. The number of aliphatic hydroxyl groups is 1. The number of aryl methyl sites for hydroxylation is 1. The van der Waals surface area contributed by atoms with E-state index in [4.69, 9.17) is 4.42 Å². The summed E-state index contributed by atoms with van der Waals surface area (Å²) >= 11 is 0. The molecule has 0 aliphatic heterocycles. The molecular formula is C19H24N2O4. The summed E-state index contributed by atoms with van der Waals surface area (Å²) in [5, 5.41) is 16.1. The molecule has 1 aliphatic rings. The summed E-state index contributed by atoms with van der Waals surface area (Å²) in [6.45, 7) is 1.96. The topological polar surface area (TPSA) is 91.6 Å². The summed E-state index contributed by atoms with van der Waals surface area (Å²) in [6, 6.07) is 9.74. The van der Waals surface area contributed by atoms with Crippen LogP contribution >= 0.6 is 0 Å². The molecule has 1 unspecified atom stereocenters. The van der Waals surface area contributed by atoms with Gasteiger partial charge in [0.1, 0.15) is 17.4 Å². The molecule has 134 valence electrons. The van der Waals surface area contributed by atoms with Gasteiger partial charge in [-0.25, -0.2) is 0 Å². The standard InChI is InChI=1S/C19H24N2O4/c1-13(22)18(24)21-19(8-9-19)10-11-20-17(23)7-6-15-12-14-4-2-3-5-16(14)25-15/h2-5,12-13,22H,6-11H2,1H3,(H,20,23)(H,21,24). The number of rotatable bonds is 8. The first-order valence-corrected chi connectivity index (χ1v) is 8.72. The number of hydrogen-bond donors (Lipinski definition) is 3. The molecule has 0 saturated heterocycles. The van der Waals surface area contributed by atoms with Gasteiger partial charge in [0, 0.05) is 30.3 Å². The highest BCUT2D eigenvalue weighted by Gasteiger charge is 2.43. The SMILES string of the molecule is CC(O)C(=O)NC1(CCNC(=O)CCc2cc3ccccc3o2)CC1. The third kappa shape index (κ3) is 4.60. The van der Waals surface area contributed by atoms with Crippen LogP contribution in [-0.2, 0) is 16.0 Å². The molecule has 0 bridgehead atoms. The van der Waals surface area contributed by atoms with E-state index in [0.29, 0.717) is 25.8 Å². The Morgan fingerprint density at radius 2 is 2.08 bits per heavy atom. The first kappa shape index (κ1) is 17.5. The van der Waals surface area contributed by atoms with Crippen molar-refractivity contribution in [1.82, 2.24) is 10.6 Å². The van der Waals surface area contributed by atoms with E-state index in [1.54, 1.807) is 0 Å². The van der Waals surface area contributed by atoms with Gasteiger partial charge in [-0.2, -0.15) is 0 Å². The molecule has 1 aromatic heterocycles. The van der Waals surface area contributed by atoms with Gasteiger partial charge in [0.25, 0.3) is 0 Å². The number of benzene rings is 1. The molecule has 1 aliphatic carbocycles. The lowest BCUT2D eigenvalue weighted by atomic mass is 10.1. The van der Waals surface area contributed by atoms with Gasteiger partial charge in [-0.15, -0.1) is 0 Å². The quantitative estimate of drug-likeness (QED) is 0.682. The van der Waals surface area contributed by atoms with E-state index in [9.17, 15) is 14.7 Å². The van der Waals surface area contributed by atoms with E-state index in [0.717, 1.165) is 29.6 Å². The smallest absolute Gasteiger partial charge is 0.248 e. The summed E-state index contributed by atoms with van der Waals surface area (Å²) in [4.78, 5) is 23.6. The maximum atomic E-state index is 12.0. The second-order valence-corrected chi connectivity index (χ2v) is 6.80. The van der Waals surface area contributed by atoms with Crippen LogP contribution in [0.3, 0.4) is 0 Å². The highest BCUT2D eigenvalue weighted by atomic mass is 16.3. The molecule has 3 rings (SSSR count). The van der Waals surface area contributed by atoms with Crippen molar-refractivity contribution in [2.45, 2.75) is 50.7 Å². The van der Waals surface area contributed by atoms with Crippen LogP contribution in [0.2, 0.25) is 0 Å². The molecule has 0 radical (unpaired) electrons. The minimum absolute atomic E-state index is 0.0295. The normalized spacial score (nSPS) is 16.4. The number of carbonyl (C=O) groups is 2. The molecule has 6 nitrogen and oxygen atoms in total. The number of amides is 2. The zero-order valence-corrected chi connectivity index (χ0v) is 14.4. The van der Waals surface area contributed by atoms with Gasteiger partial charge >= 0.3 is 0 Å². The number of aliphatic hydroxyl groups excluding tert-OH is 1. The third-order valence-electron chi connectivity index (χ3n) is 4.62. The van der Waals surface area contributed by atoms with Crippen molar-refractivity contribution in [2.24, 2.45) is 0 Å². The van der Waals surface area contributed by atoms with Gasteiger partial charge in [-0.3, -0.25) is 9.59 Å². The first-order valence-electron chi connectivity index (χ1n) is 8.72. The van der Waals surface area contributed by atoms with Crippen LogP contribution < -0.4 is 10.6 Å². The number of furan rings is 1. The van der Waals surface area contributed by atoms with Crippen LogP contribution in [0, 0.1) is 0 Å². The second-order valence-electron chi connectivity index (χ2n) is 6.80. The molecule has 1 fully saturated rings. The van der Waals surface area contributed by atoms with Gasteiger partial charge in [-0.1, -0.05) is 18.2 Å². The molecule has 0 spiro atoms. The lowest BCUT2D eigenvalue weighted by Crippen LogP contribution is -2.43. The summed E-state index contributed by atoms with van der Waals surface area (Å²) in [5.41, 5.74) is 0.586. The van der Waals surface area contributed by atoms with E-state index in [-0.39, 0.29) is 17.4 Å². The van der Waals surface area contributed by atoms with Crippen LogP contribution in [-0.4, -0.2) is 35.1 Å². The molecular weight excluding hydrogens is 320 g/mol. The molecule has 25 heavy (non-hydrogen) atoms. The lowest BCUT2D eigenvalue weighted by Gasteiger charge is -2.18. The number of carbonyl (C=O) groups excluding carboxylic acids is 2. The molecule has 1 atom stereocenters. The van der Waals surface area contributed by atoms with Crippen LogP contribution in [0.4, 0.5) is 0 Å². The maximum Gasteiger partial charge on any atom is 0.248 e. The maximum absolute atomic E-state index is 12.0. The highest BCUT2D eigenvalue weighted by molar-refractivity contribution is 5.81. The Hall–Kier alpha value is -2.34. The fourth-order valence-corrected chi connectivity index (χ4v) is 2.88. The number of nitrogens with one attached hydrogen (secondary N) is 2. The van der Waals surface area contributed by atoms with Gasteiger partial charge in [-0.05, 0) is 38.3 Å². The molecule has 2 aromatic rings. The zero-order valence-electron chi connectivity index (χ0n) is 14.4. The van der Waals surface area contributed by atoms with Crippen molar-refractivity contribution in [3.05, 3.63) is 36.1 Å². The highest BCUT2D eigenvalue weighted by Crippen LogP contribution is 2.38. The summed E-state index contributed by atoms with van der Waals surface area (Å²) in [6.07, 6.45) is 2.38. The molecule has 1 heterocycles. The summed E-state index contributed by atoms with van der Waals surface area (Å²) in [7, 11) is 0. The predicted octanol–water partition coefficient (Wildman–Crippen LogP) is 1.90. The molecule has 1 saturated carbocycles. The third-order valence-corrected chi connectivity index (χ3v) is 4.62. The number of fused-ring (bicyclic) bond motifs is 1. The fourth-order valence-electron chi connectivity index (χ4n) is 2.88. The fraction of sp³-hybridized carbons (Fsp3) is 0.474. The van der Waals surface area contributed by atoms with Crippen molar-refractivity contribution < 1.29 is 19.1 Å². The minimum Gasteiger partial charge on any atom is -0.461 e. The van der Waals surface area contributed by atoms with Crippen molar-refractivity contribution in [2.75, 3.05) is 6.54 Å².